The van der Waals surface area contributed by atoms with Crippen LogP contribution in [0.2, 0.25) is 0 Å². The summed E-state index contributed by atoms with van der Waals surface area (Å²) in [5.41, 5.74) is 3.30. The molecule has 6 nitrogen and oxygen atoms in total. The molecular weight excluding hydrogens is 482 g/mol. The molecule has 1 atom stereocenters. The van der Waals surface area contributed by atoms with Gasteiger partial charge in [-0.05, 0) is 66.8 Å². The van der Waals surface area contributed by atoms with Gasteiger partial charge in [-0.25, -0.2) is 0 Å². The van der Waals surface area contributed by atoms with Crippen molar-refractivity contribution in [3.8, 4) is 11.8 Å². The van der Waals surface area contributed by atoms with Crippen LogP contribution in [0.1, 0.15) is 37.8 Å². The molecule has 4 rings (SSSR count). The first-order valence-corrected chi connectivity index (χ1v) is 13.1. The fourth-order valence-corrected chi connectivity index (χ4v) is 5.36. The number of amides is 2. The smallest absolute Gasteiger partial charge is 0.269 e. The third-order valence-corrected chi connectivity index (χ3v) is 7.27. The summed E-state index contributed by atoms with van der Waals surface area (Å²) >= 11 is 1.25. The fraction of sp³-hybridized carbons (Fsp3) is 0.233. The monoisotopic (exact) mass is 511 g/mol. The van der Waals surface area contributed by atoms with E-state index in [0.717, 1.165) is 5.56 Å². The largest absolute Gasteiger partial charge is 0.494 e. The maximum absolute atomic E-state index is 13.7. The Morgan fingerprint density at radius 3 is 2.32 bits per heavy atom. The second-order valence-electron chi connectivity index (χ2n) is 8.92. The van der Waals surface area contributed by atoms with E-state index in [1.165, 1.54) is 22.2 Å². The Morgan fingerprint density at radius 1 is 1.05 bits per heavy atom. The second kappa shape index (κ2) is 11.8. The van der Waals surface area contributed by atoms with Gasteiger partial charge in [0.25, 0.3) is 5.91 Å². The van der Waals surface area contributed by atoms with Gasteiger partial charge in [-0.2, -0.15) is 5.26 Å². The number of thioether (sulfide) groups is 1. The number of carbonyl (C=O) groups excluding carboxylic acids is 2. The Bertz CT molecular complexity index is 1330. The van der Waals surface area contributed by atoms with Crippen LogP contribution in [0.25, 0.3) is 0 Å². The van der Waals surface area contributed by atoms with Crippen LogP contribution in [0.5, 0.6) is 5.75 Å². The summed E-state index contributed by atoms with van der Waals surface area (Å²) in [7, 11) is 0. The molecule has 0 bridgehead atoms. The lowest BCUT2D eigenvalue weighted by molar-refractivity contribution is -0.117. The van der Waals surface area contributed by atoms with Crippen LogP contribution in [0.4, 0.5) is 11.4 Å². The lowest BCUT2D eigenvalue weighted by Crippen LogP contribution is -2.30. The molecule has 7 heteroatoms. The number of benzene rings is 3. The zero-order valence-electron chi connectivity index (χ0n) is 21.1. The summed E-state index contributed by atoms with van der Waals surface area (Å²) in [4.78, 5) is 28.3. The molecule has 1 aliphatic heterocycles. The number of hydrogen-bond acceptors (Lipinski definition) is 5. The zero-order valence-corrected chi connectivity index (χ0v) is 21.9. The van der Waals surface area contributed by atoms with Crippen LogP contribution in [0, 0.1) is 11.3 Å². The number of hydrogen-bond donors (Lipinski definition) is 1. The van der Waals surface area contributed by atoms with Crippen molar-refractivity contribution in [3.05, 3.63) is 101 Å². The van der Waals surface area contributed by atoms with Gasteiger partial charge in [0.2, 0.25) is 5.91 Å². The minimum atomic E-state index is -0.554. The number of nitrogens with zero attached hydrogens (tertiary/aromatic N) is 2. The van der Waals surface area contributed by atoms with E-state index >= 15 is 0 Å². The third kappa shape index (κ3) is 6.04. The lowest BCUT2D eigenvalue weighted by atomic mass is 10.00. The predicted octanol–water partition coefficient (Wildman–Crippen LogP) is 6.27. The molecule has 1 heterocycles. The standard InChI is InChI=1S/C30H29N3O3S/c1-4-36-25-16-14-24(15-17-25)33-29(35)27(18-21-10-12-22(13-11-21)20(2)3)37-30(33)26(19-31)28(34)32-23-8-6-5-7-9-23/h5-17,20,27H,4,18H2,1-3H3,(H,32,34)/b30-26-. The third-order valence-electron chi connectivity index (χ3n) is 6.01. The molecule has 1 unspecified atom stereocenters. The minimum absolute atomic E-state index is 0.103. The molecule has 1 aliphatic rings. The number of anilines is 2. The van der Waals surface area contributed by atoms with E-state index in [1.807, 2.05) is 31.2 Å². The maximum atomic E-state index is 13.7. The SMILES string of the molecule is CCOc1ccc(N2C(=O)C(Cc3ccc(C(C)C)cc3)S/C2=C(/C#N)C(=O)Nc2ccccc2)cc1. The van der Waals surface area contributed by atoms with Gasteiger partial charge in [-0.15, -0.1) is 0 Å². The van der Waals surface area contributed by atoms with Crippen molar-refractivity contribution in [2.45, 2.75) is 38.4 Å². The van der Waals surface area contributed by atoms with Crippen molar-refractivity contribution < 1.29 is 14.3 Å². The predicted molar refractivity (Wildman–Crippen MR) is 148 cm³/mol. The number of ether oxygens (including phenoxy) is 1. The Kier molecular flexibility index (Phi) is 8.32. The highest BCUT2D eigenvalue weighted by Gasteiger charge is 2.40. The van der Waals surface area contributed by atoms with E-state index in [1.54, 1.807) is 48.5 Å². The molecule has 0 spiro atoms. The summed E-state index contributed by atoms with van der Waals surface area (Å²) in [6.07, 6.45) is 0.484. The Morgan fingerprint density at radius 2 is 1.73 bits per heavy atom. The highest BCUT2D eigenvalue weighted by molar-refractivity contribution is 8.05. The Hall–Kier alpha value is -4.02. The number of nitriles is 1. The Labute approximate surface area is 221 Å². The van der Waals surface area contributed by atoms with E-state index in [4.69, 9.17) is 4.74 Å². The van der Waals surface area contributed by atoms with Crippen molar-refractivity contribution in [2.75, 3.05) is 16.8 Å². The molecule has 37 heavy (non-hydrogen) atoms. The molecular formula is C30H29N3O3S. The van der Waals surface area contributed by atoms with Gasteiger partial charge in [-0.3, -0.25) is 14.5 Å². The first kappa shape index (κ1) is 26.1. The van der Waals surface area contributed by atoms with Crippen LogP contribution in [0.15, 0.2) is 89.5 Å². The summed E-state index contributed by atoms with van der Waals surface area (Å²) < 4.78 is 5.54. The fourth-order valence-electron chi connectivity index (χ4n) is 4.05. The van der Waals surface area contributed by atoms with Crippen LogP contribution in [0.3, 0.4) is 0 Å². The first-order chi connectivity index (χ1) is 17.9. The van der Waals surface area contributed by atoms with Gasteiger partial charge >= 0.3 is 0 Å². The van der Waals surface area contributed by atoms with Crippen molar-refractivity contribution in [3.63, 3.8) is 0 Å². The van der Waals surface area contributed by atoms with Gasteiger partial charge in [0.1, 0.15) is 22.4 Å². The zero-order chi connectivity index (χ0) is 26.4. The van der Waals surface area contributed by atoms with Crippen molar-refractivity contribution in [1.82, 2.24) is 0 Å². The van der Waals surface area contributed by atoms with Gasteiger partial charge in [0.05, 0.1) is 11.9 Å². The normalized spacial score (nSPS) is 16.5. The van der Waals surface area contributed by atoms with Crippen LogP contribution in [-0.2, 0) is 16.0 Å². The number of nitrogens with one attached hydrogen (secondary N) is 1. The number of rotatable bonds is 8. The quantitative estimate of drug-likeness (QED) is 0.285. The van der Waals surface area contributed by atoms with E-state index < -0.39 is 11.2 Å². The maximum Gasteiger partial charge on any atom is 0.269 e. The Balaban J connectivity index is 1.69. The average molecular weight is 512 g/mol. The molecule has 0 saturated carbocycles. The van der Waals surface area contributed by atoms with Crippen LogP contribution >= 0.6 is 11.8 Å². The summed E-state index contributed by atoms with van der Waals surface area (Å²) in [5, 5.41) is 12.6. The lowest BCUT2D eigenvalue weighted by Gasteiger charge is -2.19. The van der Waals surface area contributed by atoms with Crippen molar-refractivity contribution >= 4 is 35.0 Å². The molecule has 3 aromatic rings. The topological polar surface area (TPSA) is 82.4 Å². The van der Waals surface area contributed by atoms with Crippen LogP contribution < -0.4 is 15.0 Å². The van der Waals surface area contributed by atoms with Gasteiger partial charge in [-0.1, -0.05) is 68.1 Å². The number of para-hydroxylation sites is 1. The molecule has 2 amide bonds. The minimum Gasteiger partial charge on any atom is -0.494 e. The first-order valence-electron chi connectivity index (χ1n) is 12.2. The molecule has 188 valence electrons. The van der Waals surface area contributed by atoms with Crippen molar-refractivity contribution in [2.24, 2.45) is 0 Å². The number of carbonyl (C=O) groups is 2. The highest BCUT2D eigenvalue weighted by atomic mass is 32.2. The van der Waals surface area contributed by atoms with Gasteiger partial charge in [0, 0.05) is 11.4 Å². The molecule has 0 aromatic heterocycles. The summed E-state index contributed by atoms with van der Waals surface area (Å²) in [6.45, 7) is 6.71. The van der Waals surface area contributed by atoms with Gasteiger partial charge in [0.15, 0.2) is 0 Å². The van der Waals surface area contributed by atoms with E-state index in [-0.39, 0.29) is 11.5 Å². The molecule has 0 radical (unpaired) electrons. The highest BCUT2D eigenvalue weighted by Crippen LogP contribution is 2.42. The van der Waals surface area contributed by atoms with Gasteiger partial charge < -0.3 is 10.1 Å². The molecule has 1 saturated heterocycles. The molecule has 3 aromatic carbocycles. The molecule has 0 aliphatic carbocycles. The van der Waals surface area contributed by atoms with E-state index in [0.29, 0.717) is 41.1 Å². The average Bonchev–Trinajstić information content (AvgIpc) is 3.21. The van der Waals surface area contributed by atoms with Crippen molar-refractivity contribution in [1.29, 1.82) is 5.26 Å². The molecule has 1 N–H and O–H groups in total. The summed E-state index contributed by atoms with van der Waals surface area (Å²) in [5.74, 6) is 0.377. The van der Waals surface area contributed by atoms with Crippen LogP contribution in [-0.4, -0.2) is 23.7 Å². The molecule has 1 fully saturated rings. The second-order valence-corrected chi connectivity index (χ2v) is 10.1. The van der Waals surface area contributed by atoms with E-state index in [9.17, 15) is 14.9 Å². The summed E-state index contributed by atoms with van der Waals surface area (Å²) in [6, 6.07) is 26.3. The van der Waals surface area contributed by atoms with E-state index in [2.05, 4.69) is 31.3 Å².